The summed E-state index contributed by atoms with van der Waals surface area (Å²) >= 11 is 1.51. The van der Waals surface area contributed by atoms with E-state index < -0.39 is 11.9 Å². The number of methoxy groups -OCH3 is 1. The Morgan fingerprint density at radius 1 is 1.43 bits per heavy atom. The van der Waals surface area contributed by atoms with Gasteiger partial charge in [0.15, 0.2) is 5.17 Å². The highest BCUT2D eigenvalue weighted by Gasteiger charge is 2.16. The Labute approximate surface area is 137 Å². The molecule has 118 valence electrons. The maximum absolute atomic E-state index is 12.2. The van der Waals surface area contributed by atoms with Crippen LogP contribution in [-0.2, 0) is 9.53 Å². The van der Waals surface area contributed by atoms with Gasteiger partial charge in [-0.25, -0.2) is 4.79 Å². The fraction of sp³-hybridized carbons (Fsp3) is 0.200. The van der Waals surface area contributed by atoms with Crippen LogP contribution in [0.3, 0.4) is 0 Å². The number of esters is 1. The Morgan fingerprint density at radius 2 is 2.22 bits per heavy atom. The number of para-hydroxylation sites is 1. The molecule has 1 amide bonds. The fourth-order valence-corrected chi connectivity index (χ4v) is 2.48. The first-order valence-corrected chi connectivity index (χ1v) is 7.67. The summed E-state index contributed by atoms with van der Waals surface area (Å²) in [7, 11) is 1.26. The molecule has 0 radical (unpaired) electrons. The number of thioether (sulfide) groups is 1. The molecule has 0 fully saturated rings. The molecule has 0 aromatic heterocycles. The number of carbonyl (C=O) groups is 2. The van der Waals surface area contributed by atoms with Crippen LogP contribution >= 0.6 is 11.8 Å². The molecule has 23 heavy (non-hydrogen) atoms. The topological polar surface area (TPSA) is 104 Å². The average molecular weight is 330 g/mol. The molecule has 0 atom stereocenters. The monoisotopic (exact) mass is 330 g/mol. The highest BCUT2D eigenvalue weighted by molar-refractivity contribution is 8.14. The van der Waals surface area contributed by atoms with Crippen LogP contribution in [-0.4, -0.2) is 36.5 Å². The lowest BCUT2D eigenvalue weighted by Crippen LogP contribution is -2.20. The highest BCUT2D eigenvalue weighted by Crippen LogP contribution is 2.17. The molecule has 1 heterocycles. The predicted octanol–water partition coefficient (Wildman–Crippen LogP) is 1.51. The molecule has 0 aliphatic carbocycles. The summed E-state index contributed by atoms with van der Waals surface area (Å²) in [6.07, 6.45) is 1.30. The molecule has 7 nitrogen and oxygen atoms in total. The second kappa shape index (κ2) is 8.00. The van der Waals surface area contributed by atoms with Gasteiger partial charge < -0.3 is 15.4 Å². The molecule has 1 aromatic rings. The predicted molar refractivity (Wildman–Crippen MR) is 88.0 cm³/mol. The summed E-state index contributed by atoms with van der Waals surface area (Å²) in [5.41, 5.74) is 0.363. The SMILES string of the molecule is COC(=O)c1ccccc1NC(=O)/C(C#N)=C\NC1=NCCS1. The van der Waals surface area contributed by atoms with Crippen LogP contribution in [0.1, 0.15) is 10.4 Å². The molecule has 1 aromatic carbocycles. The zero-order chi connectivity index (χ0) is 16.7. The van der Waals surface area contributed by atoms with E-state index in [2.05, 4.69) is 20.4 Å². The second-order valence-corrected chi connectivity index (χ2v) is 5.42. The molecule has 0 saturated carbocycles. The van der Waals surface area contributed by atoms with Crippen molar-refractivity contribution in [1.82, 2.24) is 5.32 Å². The minimum atomic E-state index is -0.625. The number of hydrogen-bond acceptors (Lipinski definition) is 7. The van der Waals surface area contributed by atoms with Crippen molar-refractivity contribution in [3.8, 4) is 6.07 Å². The van der Waals surface area contributed by atoms with E-state index in [1.807, 2.05) is 6.07 Å². The minimum absolute atomic E-state index is 0.125. The number of hydrogen-bond donors (Lipinski definition) is 2. The number of aliphatic imine (C=N–C) groups is 1. The Kier molecular flexibility index (Phi) is 5.77. The van der Waals surface area contributed by atoms with Gasteiger partial charge in [-0.05, 0) is 12.1 Å². The largest absolute Gasteiger partial charge is 0.465 e. The van der Waals surface area contributed by atoms with Crippen molar-refractivity contribution < 1.29 is 14.3 Å². The summed E-state index contributed by atoms with van der Waals surface area (Å²) < 4.78 is 4.66. The van der Waals surface area contributed by atoms with E-state index >= 15 is 0 Å². The number of nitrogens with one attached hydrogen (secondary N) is 2. The van der Waals surface area contributed by atoms with Crippen LogP contribution in [0.4, 0.5) is 5.69 Å². The van der Waals surface area contributed by atoms with Crippen molar-refractivity contribution in [3.05, 3.63) is 41.6 Å². The van der Waals surface area contributed by atoms with Crippen LogP contribution in [0.5, 0.6) is 0 Å². The van der Waals surface area contributed by atoms with Gasteiger partial charge in [-0.15, -0.1) is 0 Å². The first-order valence-electron chi connectivity index (χ1n) is 6.68. The van der Waals surface area contributed by atoms with Crippen LogP contribution in [0.15, 0.2) is 41.0 Å². The van der Waals surface area contributed by atoms with Gasteiger partial charge in [0.1, 0.15) is 11.6 Å². The van der Waals surface area contributed by atoms with Gasteiger partial charge in [-0.2, -0.15) is 5.26 Å². The van der Waals surface area contributed by atoms with Gasteiger partial charge in [0.05, 0.1) is 24.9 Å². The van der Waals surface area contributed by atoms with Gasteiger partial charge in [0.2, 0.25) is 0 Å². The minimum Gasteiger partial charge on any atom is -0.465 e. The van der Waals surface area contributed by atoms with Crippen LogP contribution < -0.4 is 10.6 Å². The third-order valence-corrected chi connectivity index (χ3v) is 3.78. The maximum atomic E-state index is 12.2. The van der Waals surface area contributed by atoms with Crippen LogP contribution in [0.25, 0.3) is 0 Å². The number of amidine groups is 1. The maximum Gasteiger partial charge on any atom is 0.339 e. The van der Waals surface area contributed by atoms with Crippen molar-refractivity contribution in [2.45, 2.75) is 0 Å². The molecule has 1 aliphatic rings. The summed E-state index contributed by atoms with van der Waals surface area (Å²) in [5.74, 6) is -0.324. The molecule has 2 rings (SSSR count). The number of ether oxygens (including phenoxy) is 1. The second-order valence-electron chi connectivity index (χ2n) is 4.34. The van der Waals surface area contributed by atoms with Crippen molar-refractivity contribution in [2.24, 2.45) is 4.99 Å². The van der Waals surface area contributed by atoms with Gasteiger partial charge in [0, 0.05) is 12.0 Å². The smallest absolute Gasteiger partial charge is 0.339 e. The lowest BCUT2D eigenvalue weighted by atomic mass is 10.1. The van der Waals surface area contributed by atoms with Crippen molar-refractivity contribution in [1.29, 1.82) is 5.26 Å². The van der Waals surface area contributed by atoms with Crippen LogP contribution in [0.2, 0.25) is 0 Å². The zero-order valence-corrected chi connectivity index (χ0v) is 13.1. The van der Waals surface area contributed by atoms with E-state index in [9.17, 15) is 9.59 Å². The van der Waals surface area contributed by atoms with Gasteiger partial charge in [-0.1, -0.05) is 23.9 Å². The van der Waals surface area contributed by atoms with E-state index in [4.69, 9.17) is 5.26 Å². The quantitative estimate of drug-likeness (QED) is 0.493. The lowest BCUT2D eigenvalue weighted by molar-refractivity contribution is -0.112. The number of amides is 1. The number of rotatable bonds is 4. The number of nitriles is 1. The van der Waals surface area contributed by atoms with E-state index in [1.165, 1.54) is 31.1 Å². The Morgan fingerprint density at radius 3 is 2.87 bits per heavy atom. The molecule has 0 saturated heterocycles. The summed E-state index contributed by atoms with van der Waals surface area (Å²) in [6, 6.07) is 8.22. The zero-order valence-electron chi connectivity index (χ0n) is 12.3. The van der Waals surface area contributed by atoms with E-state index in [0.717, 1.165) is 5.75 Å². The molecule has 0 spiro atoms. The number of nitrogens with zero attached hydrogens (tertiary/aromatic N) is 2. The van der Waals surface area contributed by atoms with Crippen molar-refractivity contribution in [2.75, 3.05) is 24.7 Å². The average Bonchev–Trinajstić information content (AvgIpc) is 3.08. The summed E-state index contributed by atoms with van der Waals surface area (Å²) in [5, 5.41) is 15.1. The fourth-order valence-electron chi connectivity index (χ4n) is 1.77. The molecule has 1 aliphatic heterocycles. The third kappa shape index (κ3) is 4.34. The standard InChI is InChI=1S/C15H14N4O3S/c1-22-14(21)11-4-2-3-5-12(11)19-13(20)10(8-16)9-18-15-17-6-7-23-15/h2-5,9H,6-7H2,1H3,(H,17,18)(H,19,20)/b10-9-. The van der Waals surface area contributed by atoms with Crippen LogP contribution in [0, 0.1) is 11.3 Å². The third-order valence-electron chi connectivity index (χ3n) is 2.87. The van der Waals surface area contributed by atoms with E-state index in [0.29, 0.717) is 11.7 Å². The first-order chi connectivity index (χ1) is 11.2. The van der Waals surface area contributed by atoms with Gasteiger partial charge in [0.25, 0.3) is 5.91 Å². The normalized spacial score (nSPS) is 13.7. The molecule has 2 N–H and O–H groups in total. The van der Waals surface area contributed by atoms with Crippen molar-refractivity contribution >= 4 is 34.5 Å². The Bertz CT molecular complexity index is 722. The number of anilines is 1. The number of benzene rings is 1. The first kappa shape index (κ1) is 16.6. The van der Waals surface area contributed by atoms with Gasteiger partial charge in [-0.3, -0.25) is 9.79 Å². The van der Waals surface area contributed by atoms with E-state index in [-0.39, 0.29) is 16.8 Å². The number of carbonyl (C=O) groups excluding carboxylic acids is 2. The molecule has 0 unspecified atom stereocenters. The summed E-state index contributed by atoms with van der Waals surface area (Å²) in [6.45, 7) is 0.710. The molecular weight excluding hydrogens is 316 g/mol. The summed E-state index contributed by atoms with van der Waals surface area (Å²) in [4.78, 5) is 28.0. The Hall–Kier alpha value is -2.79. The van der Waals surface area contributed by atoms with Gasteiger partial charge >= 0.3 is 5.97 Å². The lowest BCUT2D eigenvalue weighted by Gasteiger charge is -2.09. The molecular formula is C15H14N4O3S. The molecule has 0 bridgehead atoms. The highest BCUT2D eigenvalue weighted by atomic mass is 32.2. The molecule has 8 heteroatoms. The Balaban J connectivity index is 2.12. The van der Waals surface area contributed by atoms with Crippen molar-refractivity contribution in [3.63, 3.8) is 0 Å². The van der Waals surface area contributed by atoms with E-state index in [1.54, 1.807) is 18.2 Å².